The van der Waals surface area contributed by atoms with E-state index >= 15 is 0 Å². The van der Waals surface area contributed by atoms with Gasteiger partial charge in [0.15, 0.2) is 0 Å². The van der Waals surface area contributed by atoms with Crippen LogP contribution in [0, 0.1) is 23.7 Å². The van der Waals surface area contributed by atoms with E-state index < -0.39 is 0 Å². The number of hydrogen-bond donors (Lipinski definition) is 0. The summed E-state index contributed by atoms with van der Waals surface area (Å²) in [5.41, 5.74) is 0. The molecule has 21 heavy (non-hydrogen) atoms. The molecule has 2 saturated carbocycles. The molecule has 2 rings (SSSR count). The van der Waals surface area contributed by atoms with Crippen molar-refractivity contribution < 1.29 is 0 Å². The molecule has 0 amide bonds. The van der Waals surface area contributed by atoms with Crippen molar-refractivity contribution in [1.82, 2.24) is 0 Å². The third-order valence-corrected chi connectivity index (χ3v) is 5.97. The van der Waals surface area contributed by atoms with Crippen molar-refractivity contribution in [3.05, 3.63) is 24.3 Å². The van der Waals surface area contributed by atoms with Gasteiger partial charge in [0.1, 0.15) is 0 Å². The van der Waals surface area contributed by atoms with Gasteiger partial charge in [0.25, 0.3) is 0 Å². The highest BCUT2D eigenvalue weighted by atomic mass is 14.2. The zero-order valence-electron chi connectivity index (χ0n) is 14.4. The second-order valence-electron chi connectivity index (χ2n) is 7.50. The molecule has 0 radical (unpaired) electrons. The van der Waals surface area contributed by atoms with Gasteiger partial charge in [0.05, 0.1) is 0 Å². The van der Waals surface area contributed by atoms with Gasteiger partial charge in [0, 0.05) is 0 Å². The van der Waals surface area contributed by atoms with E-state index in [2.05, 4.69) is 38.2 Å². The Labute approximate surface area is 133 Å². The SMILES string of the molecule is C/C=C/[C@H]1CC[C@H](CC/C=C/[C@H]2CC[C@H](CC)CC2)CC1. The summed E-state index contributed by atoms with van der Waals surface area (Å²) in [6.07, 6.45) is 25.5. The van der Waals surface area contributed by atoms with E-state index in [0.717, 1.165) is 23.7 Å². The molecule has 0 unspecified atom stereocenters. The van der Waals surface area contributed by atoms with Gasteiger partial charge in [-0.25, -0.2) is 0 Å². The van der Waals surface area contributed by atoms with Gasteiger partial charge in [-0.05, 0) is 94.8 Å². The largest absolute Gasteiger partial charge is 0.0914 e. The van der Waals surface area contributed by atoms with Crippen LogP contribution in [-0.2, 0) is 0 Å². The minimum atomic E-state index is 0.885. The molecular weight excluding hydrogens is 252 g/mol. The van der Waals surface area contributed by atoms with Crippen LogP contribution in [-0.4, -0.2) is 0 Å². The van der Waals surface area contributed by atoms with Crippen molar-refractivity contribution in [2.24, 2.45) is 23.7 Å². The van der Waals surface area contributed by atoms with Gasteiger partial charge in [-0.2, -0.15) is 0 Å². The highest BCUT2D eigenvalue weighted by Gasteiger charge is 2.19. The lowest BCUT2D eigenvalue weighted by atomic mass is 9.79. The lowest BCUT2D eigenvalue weighted by Crippen LogP contribution is -2.13. The topological polar surface area (TPSA) is 0 Å². The van der Waals surface area contributed by atoms with Crippen LogP contribution in [0.3, 0.4) is 0 Å². The average Bonchev–Trinajstić information content (AvgIpc) is 2.54. The van der Waals surface area contributed by atoms with Gasteiger partial charge in [-0.3, -0.25) is 0 Å². The summed E-state index contributed by atoms with van der Waals surface area (Å²) < 4.78 is 0. The van der Waals surface area contributed by atoms with E-state index in [4.69, 9.17) is 0 Å². The van der Waals surface area contributed by atoms with E-state index in [1.165, 1.54) is 70.6 Å². The Bertz CT molecular complexity index is 309. The predicted octanol–water partition coefficient (Wildman–Crippen LogP) is 6.92. The molecule has 0 N–H and O–H groups in total. The smallest absolute Gasteiger partial charge is 0.0233 e. The van der Waals surface area contributed by atoms with Gasteiger partial charge < -0.3 is 0 Å². The van der Waals surface area contributed by atoms with Gasteiger partial charge >= 0.3 is 0 Å². The maximum atomic E-state index is 2.55. The van der Waals surface area contributed by atoms with E-state index in [1.54, 1.807) is 0 Å². The minimum Gasteiger partial charge on any atom is -0.0914 e. The molecule has 0 saturated heterocycles. The molecule has 0 nitrogen and oxygen atoms in total. The molecule has 0 aromatic carbocycles. The summed E-state index contributed by atoms with van der Waals surface area (Å²) >= 11 is 0. The molecule has 0 aromatic heterocycles. The quantitative estimate of drug-likeness (QED) is 0.465. The van der Waals surface area contributed by atoms with Crippen LogP contribution in [0.15, 0.2) is 24.3 Å². The van der Waals surface area contributed by atoms with Crippen molar-refractivity contribution in [2.75, 3.05) is 0 Å². The Morgan fingerprint density at radius 3 is 1.90 bits per heavy atom. The first kappa shape index (κ1) is 16.8. The van der Waals surface area contributed by atoms with Crippen molar-refractivity contribution >= 4 is 0 Å². The summed E-state index contributed by atoms with van der Waals surface area (Å²) in [6, 6.07) is 0. The number of hydrogen-bond acceptors (Lipinski definition) is 0. The maximum absolute atomic E-state index is 2.55. The molecule has 0 heterocycles. The molecule has 2 fully saturated rings. The fourth-order valence-corrected chi connectivity index (χ4v) is 4.35. The highest BCUT2D eigenvalue weighted by molar-refractivity contribution is 4.92. The normalized spacial score (nSPS) is 34.8. The number of allylic oxidation sites excluding steroid dienone is 4. The molecule has 2 aliphatic carbocycles. The zero-order chi connectivity index (χ0) is 14.9. The summed E-state index contributed by atoms with van der Waals surface area (Å²) in [7, 11) is 0. The van der Waals surface area contributed by atoms with Crippen LogP contribution in [0.4, 0.5) is 0 Å². The third-order valence-electron chi connectivity index (χ3n) is 5.97. The fraction of sp³-hybridized carbons (Fsp3) is 0.810. The Morgan fingerprint density at radius 1 is 0.762 bits per heavy atom. The molecule has 0 aromatic rings. The average molecular weight is 289 g/mol. The zero-order valence-corrected chi connectivity index (χ0v) is 14.4. The molecule has 0 bridgehead atoms. The first-order valence-corrected chi connectivity index (χ1v) is 9.61. The maximum Gasteiger partial charge on any atom is -0.0233 e. The lowest BCUT2D eigenvalue weighted by Gasteiger charge is -2.27. The van der Waals surface area contributed by atoms with E-state index in [0.29, 0.717) is 0 Å². The van der Waals surface area contributed by atoms with Crippen LogP contribution in [0.2, 0.25) is 0 Å². The third kappa shape index (κ3) is 6.01. The van der Waals surface area contributed by atoms with Crippen molar-refractivity contribution in [1.29, 1.82) is 0 Å². The van der Waals surface area contributed by atoms with Crippen LogP contribution < -0.4 is 0 Å². The summed E-state index contributed by atoms with van der Waals surface area (Å²) in [6.45, 7) is 4.51. The Hall–Kier alpha value is -0.520. The molecular formula is C21H36. The van der Waals surface area contributed by atoms with Gasteiger partial charge in [-0.1, -0.05) is 37.6 Å². The Kier molecular flexibility index (Phi) is 7.61. The van der Waals surface area contributed by atoms with Gasteiger partial charge in [-0.15, -0.1) is 0 Å². The van der Waals surface area contributed by atoms with Crippen LogP contribution in [0.1, 0.15) is 84.5 Å². The molecule has 0 spiro atoms. The second kappa shape index (κ2) is 9.49. The Morgan fingerprint density at radius 2 is 1.33 bits per heavy atom. The number of rotatable bonds is 6. The van der Waals surface area contributed by atoms with Crippen LogP contribution >= 0.6 is 0 Å². The van der Waals surface area contributed by atoms with E-state index in [-0.39, 0.29) is 0 Å². The van der Waals surface area contributed by atoms with Crippen molar-refractivity contribution in [3.8, 4) is 0 Å². The first-order valence-electron chi connectivity index (χ1n) is 9.61. The van der Waals surface area contributed by atoms with Crippen LogP contribution in [0.25, 0.3) is 0 Å². The van der Waals surface area contributed by atoms with Gasteiger partial charge in [0.2, 0.25) is 0 Å². The van der Waals surface area contributed by atoms with E-state index in [1.807, 2.05) is 0 Å². The van der Waals surface area contributed by atoms with Crippen molar-refractivity contribution in [2.45, 2.75) is 84.5 Å². The first-order chi connectivity index (χ1) is 10.3. The Balaban J connectivity index is 1.56. The fourth-order valence-electron chi connectivity index (χ4n) is 4.35. The molecule has 2 aliphatic rings. The molecule has 120 valence electrons. The molecule has 0 aliphatic heterocycles. The highest BCUT2D eigenvalue weighted by Crippen LogP contribution is 2.33. The van der Waals surface area contributed by atoms with Crippen LogP contribution in [0.5, 0.6) is 0 Å². The summed E-state index contributed by atoms with van der Waals surface area (Å²) in [5.74, 6) is 3.82. The van der Waals surface area contributed by atoms with E-state index in [9.17, 15) is 0 Å². The van der Waals surface area contributed by atoms with Crippen molar-refractivity contribution in [3.63, 3.8) is 0 Å². The summed E-state index contributed by atoms with van der Waals surface area (Å²) in [5, 5.41) is 0. The predicted molar refractivity (Wildman–Crippen MR) is 94.4 cm³/mol. The molecule has 0 heteroatoms. The lowest BCUT2D eigenvalue weighted by molar-refractivity contribution is 0.295. The standard InChI is InChI=1S/C21H36/c1-3-7-19-14-16-21(17-15-19)9-6-5-8-20-12-10-18(4-2)11-13-20/h3,5,7-8,18-21H,4,6,9-17H2,1-2H3/b7-3+,8-5+/t18-,19-,20-,21-. The second-order valence-corrected chi connectivity index (χ2v) is 7.50. The summed E-state index contributed by atoms with van der Waals surface area (Å²) in [4.78, 5) is 0. The minimum absolute atomic E-state index is 0.885. The monoisotopic (exact) mass is 288 g/mol. The molecule has 0 atom stereocenters.